The first-order valence-electron chi connectivity index (χ1n) is 5.05. The topological polar surface area (TPSA) is 92.7 Å². The number of hydrogen-bond acceptors (Lipinski definition) is 4. The van der Waals surface area contributed by atoms with Gasteiger partial charge in [0.05, 0.1) is 12.5 Å². The van der Waals surface area contributed by atoms with E-state index in [1.165, 1.54) is 6.92 Å². The van der Waals surface area contributed by atoms with Crippen molar-refractivity contribution in [3.63, 3.8) is 0 Å². The van der Waals surface area contributed by atoms with Crippen LogP contribution in [0.2, 0.25) is 0 Å². The molecule has 0 aliphatic carbocycles. The lowest BCUT2D eigenvalue weighted by Crippen LogP contribution is -2.41. The number of ether oxygens (including phenoxy) is 1. The number of carboxylic acids is 1. The Hall–Kier alpha value is -1.59. The highest BCUT2D eigenvalue weighted by Crippen LogP contribution is 2.08. The molecule has 0 radical (unpaired) electrons. The van der Waals surface area contributed by atoms with Gasteiger partial charge in [-0.25, -0.2) is 4.79 Å². The van der Waals surface area contributed by atoms with Crippen LogP contribution >= 0.6 is 0 Å². The molecule has 2 N–H and O–H groups in total. The van der Waals surface area contributed by atoms with Crippen LogP contribution in [0.4, 0.5) is 0 Å². The van der Waals surface area contributed by atoms with Gasteiger partial charge in [0.2, 0.25) is 5.91 Å². The molecule has 92 valence electrons. The molecule has 0 bridgehead atoms. The third kappa shape index (κ3) is 5.33. The monoisotopic (exact) mass is 231 g/mol. The summed E-state index contributed by atoms with van der Waals surface area (Å²) >= 11 is 0. The van der Waals surface area contributed by atoms with Gasteiger partial charge in [0.1, 0.15) is 6.04 Å². The standard InChI is InChI=1S/C10H17NO5/c1-4-16-10(15)6(2)5-8(9(13)14)11-7(3)12/h6,8H,4-5H2,1-3H3,(H,11,12)(H,13,14)/t6-,8+/m1/s1. The van der Waals surface area contributed by atoms with Crippen LogP contribution in [-0.2, 0) is 19.1 Å². The lowest BCUT2D eigenvalue weighted by atomic mass is 10.0. The normalized spacial score (nSPS) is 13.7. The summed E-state index contributed by atoms with van der Waals surface area (Å²) in [5, 5.41) is 11.1. The van der Waals surface area contributed by atoms with E-state index in [0.717, 1.165) is 0 Å². The van der Waals surface area contributed by atoms with Crippen molar-refractivity contribution in [3.05, 3.63) is 0 Å². The molecule has 0 unspecified atom stereocenters. The lowest BCUT2D eigenvalue weighted by Gasteiger charge is -2.16. The maximum absolute atomic E-state index is 11.3. The van der Waals surface area contributed by atoms with E-state index in [0.29, 0.717) is 0 Å². The molecule has 0 aliphatic rings. The van der Waals surface area contributed by atoms with Gasteiger partial charge in [-0.1, -0.05) is 6.92 Å². The third-order valence-corrected chi connectivity index (χ3v) is 1.95. The summed E-state index contributed by atoms with van der Waals surface area (Å²) in [6.45, 7) is 4.72. The molecule has 0 heterocycles. The van der Waals surface area contributed by atoms with Crippen molar-refractivity contribution in [1.29, 1.82) is 0 Å². The number of amides is 1. The minimum atomic E-state index is -1.16. The minimum absolute atomic E-state index is 0.0216. The molecular formula is C10H17NO5. The zero-order chi connectivity index (χ0) is 12.7. The van der Waals surface area contributed by atoms with Crippen molar-refractivity contribution in [3.8, 4) is 0 Å². The van der Waals surface area contributed by atoms with Crippen molar-refractivity contribution in [1.82, 2.24) is 5.32 Å². The highest BCUT2D eigenvalue weighted by molar-refractivity contribution is 5.83. The number of carbonyl (C=O) groups is 3. The Labute approximate surface area is 94.0 Å². The van der Waals surface area contributed by atoms with Gasteiger partial charge < -0.3 is 15.2 Å². The van der Waals surface area contributed by atoms with Gasteiger partial charge in [0.15, 0.2) is 0 Å². The van der Waals surface area contributed by atoms with E-state index in [-0.39, 0.29) is 13.0 Å². The average molecular weight is 231 g/mol. The number of hydrogen-bond donors (Lipinski definition) is 2. The molecule has 2 atom stereocenters. The minimum Gasteiger partial charge on any atom is -0.480 e. The predicted octanol–water partition coefficient (Wildman–Crippen LogP) is 0.165. The molecule has 0 aromatic rings. The molecule has 6 nitrogen and oxygen atoms in total. The second-order valence-electron chi connectivity index (χ2n) is 3.48. The molecule has 0 spiro atoms. The first kappa shape index (κ1) is 14.4. The lowest BCUT2D eigenvalue weighted by molar-refractivity contribution is -0.149. The number of rotatable bonds is 6. The van der Waals surface area contributed by atoms with E-state index in [1.807, 2.05) is 0 Å². The summed E-state index contributed by atoms with van der Waals surface area (Å²) in [5.41, 5.74) is 0. The number of carbonyl (C=O) groups excluding carboxylic acids is 2. The highest BCUT2D eigenvalue weighted by atomic mass is 16.5. The predicted molar refractivity (Wildman–Crippen MR) is 55.7 cm³/mol. The van der Waals surface area contributed by atoms with Gasteiger partial charge in [-0.05, 0) is 13.3 Å². The van der Waals surface area contributed by atoms with Crippen LogP contribution in [0.15, 0.2) is 0 Å². The molecule has 6 heteroatoms. The van der Waals surface area contributed by atoms with E-state index in [1.54, 1.807) is 13.8 Å². The van der Waals surface area contributed by atoms with Crippen molar-refractivity contribution in [2.45, 2.75) is 33.2 Å². The van der Waals surface area contributed by atoms with Crippen LogP contribution in [-0.4, -0.2) is 35.6 Å². The molecule has 0 aliphatic heterocycles. The van der Waals surface area contributed by atoms with Crippen LogP contribution in [0.5, 0.6) is 0 Å². The van der Waals surface area contributed by atoms with Crippen molar-refractivity contribution < 1.29 is 24.2 Å². The molecule has 0 rings (SSSR count). The fraction of sp³-hybridized carbons (Fsp3) is 0.700. The third-order valence-electron chi connectivity index (χ3n) is 1.95. The van der Waals surface area contributed by atoms with Crippen LogP contribution in [0, 0.1) is 5.92 Å². The van der Waals surface area contributed by atoms with E-state index in [4.69, 9.17) is 9.84 Å². The summed E-state index contributed by atoms with van der Waals surface area (Å²) in [5.74, 6) is -2.62. The molecule has 0 aromatic heterocycles. The molecule has 0 saturated carbocycles. The van der Waals surface area contributed by atoms with Gasteiger partial charge in [0.25, 0.3) is 0 Å². The van der Waals surface area contributed by atoms with Crippen LogP contribution in [0.25, 0.3) is 0 Å². The average Bonchev–Trinajstić information content (AvgIpc) is 2.16. The Morgan fingerprint density at radius 1 is 1.38 bits per heavy atom. The fourth-order valence-corrected chi connectivity index (χ4v) is 1.20. The number of aliphatic carboxylic acids is 1. The highest BCUT2D eigenvalue weighted by Gasteiger charge is 2.25. The Bertz CT molecular complexity index is 276. The van der Waals surface area contributed by atoms with Gasteiger partial charge in [0, 0.05) is 6.92 Å². The molecule has 1 amide bonds. The smallest absolute Gasteiger partial charge is 0.326 e. The summed E-state index contributed by atoms with van der Waals surface area (Å²) < 4.78 is 4.74. The zero-order valence-corrected chi connectivity index (χ0v) is 9.65. The van der Waals surface area contributed by atoms with Crippen LogP contribution in [0.1, 0.15) is 27.2 Å². The second kappa shape index (κ2) is 6.81. The molecule has 0 fully saturated rings. The molecule has 16 heavy (non-hydrogen) atoms. The largest absolute Gasteiger partial charge is 0.480 e. The van der Waals surface area contributed by atoms with Crippen molar-refractivity contribution in [2.75, 3.05) is 6.61 Å². The van der Waals surface area contributed by atoms with E-state index < -0.39 is 29.8 Å². The Balaban J connectivity index is 4.33. The first-order chi connectivity index (χ1) is 7.38. The summed E-state index contributed by atoms with van der Waals surface area (Å²) in [6.07, 6.45) is 0.0216. The second-order valence-corrected chi connectivity index (χ2v) is 3.48. The molecular weight excluding hydrogens is 214 g/mol. The van der Waals surface area contributed by atoms with Crippen molar-refractivity contribution >= 4 is 17.8 Å². The van der Waals surface area contributed by atoms with Gasteiger partial charge >= 0.3 is 11.9 Å². The molecule has 0 aromatic carbocycles. The van der Waals surface area contributed by atoms with Gasteiger partial charge in [-0.15, -0.1) is 0 Å². The Morgan fingerprint density at radius 2 is 1.94 bits per heavy atom. The van der Waals surface area contributed by atoms with Crippen LogP contribution in [0.3, 0.4) is 0 Å². The Kier molecular flexibility index (Phi) is 6.14. The maximum atomic E-state index is 11.3. The summed E-state index contributed by atoms with van der Waals surface area (Å²) in [7, 11) is 0. The van der Waals surface area contributed by atoms with Crippen molar-refractivity contribution in [2.24, 2.45) is 5.92 Å². The molecule has 0 saturated heterocycles. The zero-order valence-electron chi connectivity index (χ0n) is 9.65. The van der Waals surface area contributed by atoms with Crippen LogP contribution < -0.4 is 5.32 Å². The van der Waals surface area contributed by atoms with Gasteiger partial charge in [-0.3, -0.25) is 9.59 Å². The quantitative estimate of drug-likeness (QED) is 0.635. The van der Waals surface area contributed by atoms with E-state index in [2.05, 4.69) is 5.32 Å². The maximum Gasteiger partial charge on any atom is 0.326 e. The number of esters is 1. The van der Waals surface area contributed by atoms with Gasteiger partial charge in [-0.2, -0.15) is 0 Å². The summed E-state index contributed by atoms with van der Waals surface area (Å²) in [4.78, 5) is 32.8. The summed E-state index contributed by atoms with van der Waals surface area (Å²) in [6, 6.07) is -1.06. The number of nitrogens with one attached hydrogen (secondary N) is 1. The number of carboxylic acid groups (broad SMARTS) is 1. The van der Waals surface area contributed by atoms with E-state index in [9.17, 15) is 14.4 Å². The van der Waals surface area contributed by atoms with E-state index >= 15 is 0 Å². The fourth-order valence-electron chi connectivity index (χ4n) is 1.20. The first-order valence-corrected chi connectivity index (χ1v) is 5.05. The Morgan fingerprint density at radius 3 is 2.31 bits per heavy atom. The SMILES string of the molecule is CCOC(=O)[C@H](C)C[C@H](NC(C)=O)C(=O)O.